The van der Waals surface area contributed by atoms with Crippen LogP contribution in [0.3, 0.4) is 0 Å². The average molecular weight is 432 g/mol. The largest absolute Gasteiger partial charge is 0.102 e. The number of allylic oxidation sites excluding steroid dienone is 8. The molecular formula is C20H32Br2. The zero-order chi connectivity index (χ0) is 17.2. The van der Waals surface area contributed by atoms with Gasteiger partial charge in [-0.3, -0.25) is 0 Å². The Morgan fingerprint density at radius 3 is 1.64 bits per heavy atom. The van der Waals surface area contributed by atoms with Crippen LogP contribution in [0.15, 0.2) is 46.6 Å². The van der Waals surface area contributed by atoms with Gasteiger partial charge < -0.3 is 0 Å². The Hall–Kier alpha value is -0.0800. The van der Waals surface area contributed by atoms with Gasteiger partial charge in [0.15, 0.2) is 0 Å². The molecule has 0 heterocycles. The summed E-state index contributed by atoms with van der Waals surface area (Å²) in [5, 5.41) is 0. The highest BCUT2D eigenvalue weighted by Gasteiger charge is 2.18. The van der Waals surface area contributed by atoms with Gasteiger partial charge in [0.05, 0.1) is 0 Å². The Balaban J connectivity index is 4.42. The monoisotopic (exact) mass is 430 g/mol. The molecule has 0 aliphatic heterocycles. The first-order chi connectivity index (χ1) is 10.1. The van der Waals surface area contributed by atoms with E-state index in [-0.39, 0.29) is 3.23 Å². The lowest BCUT2D eigenvalue weighted by atomic mass is 10.1. The van der Waals surface area contributed by atoms with Crippen molar-refractivity contribution in [3.8, 4) is 0 Å². The standard InChI is InChI=1S/C20H32Br2/c1-16(2)9-7-11-18(5)13-14-20(21,22)15-19(6)12-8-10-17(3)4/h9-10,13,15H,7-8,11-12,14H2,1-6H3/b18-13+,19-15+. The Morgan fingerprint density at radius 2 is 1.18 bits per heavy atom. The molecule has 0 nitrogen and oxygen atoms in total. The molecule has 0 amide bonds. The van der Waals surface area contributed by atoms with Crippen LogP contribution in [0.1, 0.15) is 73.6 Å². The second-order valence-electron chi connectivity index (χ2n) is 6.65. The fourth-order valence-electron chi connectivity index (χ4n) is 2.08. The topological polar surface area (TPSA) is 0 Å². The van der Waals surface area contributed by atoms with Gasteiger partial charge in [-0.1, -0.05) is 78.5 Å². The van der Waals surface area contributed by atoms with Crippen LogP contribution in [0, 0.1) is 0 Å². The minimum atomic E-state index is -0.118. The third-order valence-corrected chi connectivity index (χ3v) is 4.47. The number of hydrogen-bond acceptors (Lipinski definition) is 0. The fourth-order valence-corrected chi connectivity index (χ4v) is 3.19. The van der Waals surface area contributed by atoms with E-state index in [0.29, 0.717) is 0 Å². The predicted octanol–water partition coefficient (Wildman–Crippen LogP) is 8.25. The first kappa shape index (κ1) is 21.9. The SMILES string of the molecule is CC(C)=CCC/C(C)=C/CC(Br)(Br)/C=C(\C)CCC=C(C)C. The highest BCUT2D eigenvalue weighted by Crippen LogP contribution is 2.34. The summed E-state index contributed by atoms with van der Waals surface area (Å²) in [6.07, 6.45) is 14.7. The molecule has 0 bridgehead atoms. The van der Waals surface area contributed by atoms with Gasteiger partial charge in [0, 0.05) is 0 Å². The van der Waals surface area contributed by atoms with Crippen LogP contribution in [0.2, 0.25) is 0 Å². The van der Waals surface area contributed by atoms with Crippen LogP contribution in [0.25, 0.3) is 0 Å². The minimum Gasteiger partial charge on any atom is -0.0856 e. The van der Waals surface area contributed by atoms with Crippen molar-refractivity contribution in [2.24, 2.45) is 0 Å². The van der Waals surface area contributed by atoms with Crippen LogP contribution in [0.4, 0.5) is 0 Å². The van der Waals surface area contributed by atoms with Gasteiger partial charge in [0.1, 0.15) is 3.23 Å². The van der Waals surface area contributed by atoms with Crippen molar-refractivity contribution in [2.45, 2.75) is 76.9 Å². The van der Waals surface area contributed by atoms with E-state index in [2.05, 4.69) is 97.7 Å². The van der Waals surface area contributed by atoms with Crippen molar-refractivity contribution in [2.75, 3.05) is 0 Å². The van der Waals surface area contributed by atoms with Gasteiger partial charge >= 0.3 is 0 Å². The van der Waals surface area contributed by atoms with Gasteiger partial charge in [-0.05, 0) is 73.6 Å². The van der Waals surface area contributed by atoms with Crippen molar-refractivity contribution >= 4 is 31.9 Å². The molecule has 0 unspecified atom stereocenters. The summed E-state index contributed by atoms with van der Waals surface area (Å²) in [6.45, 7) is 13.1. The van der Waals surface area contributed by atoms with E-state index >= 15 is 0 Å². The van der Waals surface area contributed by atoms with Gasteiger partial charge in [-0.25, -0.2) is 0 Å². The highest BCUT2D eigenvalue weighted by molar-refractivity contribution is 9.25. The average Bonchev–Trinajstić information content (AvgIpc) is 2.35. The third kappa shape index (κ3) is 13.6. The Morgan fingerprint density at radius 1 is 0.727 bits per heavy atom. The molecule has 0 aliphatic rings. The maximum Gasteiger partial charge on any atom is 0.102 e. The molecule has 0 rings (SSSR count). The summed E-state index contributed by atoms with van der Waals surface area (Å²) < 4.78 is -0.118. The minimum absolute atomic E-state index is 0.118. The van der Waals surface area contributed by atoms with E-state index < -0.39 is 0 Å². The van der Waals surface area contributed by atoms with E-state index in [9.17, 15) is 0 Å². The van der Waals surface area contributed by atoms with Gasteiger partial charge in [0.25, 0.3) is 0 Å². The smallest absolute Gasteiger partial charge is 0.0856 e. The van der Waals surface area contributed by atoms with E-state index in [1.54, 1.807) is 0 Å². The Kier molecular flexibility index (Phi) is 11.4. The van der Waals surface area contributed by atoms with Crippen molar-refractivity contribution in [3.05, 3.63) is 46.6 Å². The van der Waals surface area contributed by atoms with Crippen LogP contribution in [0.5, 0.6) is 0 Å². The van der Waals surface area contributed by atoms with Gasteiger partial charge in [-0.15, -0.1) is 0 Å². The number of halogens is 2. The molecule has 0 atom stereocenters. The zero-order valence-electron chi connectivity index (χ0n) is 15.1. The normalized spacial score (nSPS) is 13.1. The lowest BCUT2D eigenvalue weighted by Crippen LogP contribution is -2.06. The van der Waals surface area contributed by atoms with E-state index in [1.165, 1.54) is 22.3 Å². The molecule has 0 aromatic rings. The molecule has 0 spiro atoms. The molecule has 0 aliphatic carbocycles. The van der Waals surface area contributed by atoms with Gasteiger partial charge in [0.2, 0.25) is 0 Å². The molecule has 2 heteroatoms. The predicted molar refractivity (Wildman–Crippen MR) is 110 cm³/mol. The maximum atomic E-state index is 3.79. The van der Waals surface area contributed by atoms with Gasteiger partial charge in [-0.2, -0.15) is 0 Å². The van der Waals surface area contributed by atoms with Crippen LogP contribution < -0.4 is 0 Å². The van der Waals surface area contributed by atoms with Crippen LogP contribution in [-0.2, 0) is 0 Å². The van der Waals surface area contributed by atoms with Crippen molar-refractivity contribution in [1.82, 2.24) is 0 Å². The Labute approximate surface area is 155 Å². The quantitative estimate of drug-likeness (QED) is 0.254. The maximum absolute atomic E-state index is 3.79. The lowest BCUT2D eigenvalue weighted by molar-refractivity contribution is 0.914. The molecule has 22 heavy (non-hydrogen) atoms. The lowest BCUT2D eigenvalue weighted by Gasteiger charge is -2.16. The first-order valence-electron chi connectivity index (χ1n) is 8.11. The molecule has 0 saturated carbocycles. The molecule has 0 saturated heterocycles. The summed E-state index contributed by atoms with van der Waals surface area (Å²) in [5.41, 5.74) is 5.67. The fraction of sp³-hybridized carbons (Fsp3) is 0.600. The number of rotatable bonds is 9. The molecule has 0 N–H and O–H groups in total. The second kappa shape index (κ2) is 11.5. The zero-order valence-corrected chi connectivity index (χ0v) is 18.3. The van der Waals surface area contributed by atoms with Crippen molar-refractivity contribution in [3.63, 3.8) is 0 Å². The molecule has 126 valence electrons. The first-order valence-corrected chi connectivity index (χ1v) is 9.69. The summed E-state index contributed by atoms with van der Waals surface area (Å²) in [4.78, 5) is 0. The second-order valence-corrected chi connectivity index (χ2v) is 10.5. The molecular weight excluding hydrogens is 400 g/mol. The summed E-state index contributed by atoms with van der Waals surface area (Å²) in [6, 6.07) is 0. The Bertz CT molecular complexity index is 440. The van der Waals surface area contributed by atoms with E-state index in [4.69, 9.17) is 0 Å². The van der Waals surface area contributed by atoms with E-state index in [1.807, 2.05) is 0 Å². The molecule has 0 radical (unpaired) electrons. The highest BCUT2D eigenvalue weighted by atomic mass is 79.9. The molecule has 0 aromatic carbocycles. The number of alkyl halides is 2. The summed E-state index contributed by atoms with van der Waals surface area (Å²) in [5.74, 6) is 0. The van der Waals surface area contributed by atoms with Crippen molar-refractivity contribution < 1.29 is 0 Å². The number of hydrogen-bond donors (Lipinski definition) is 0. The van der Waals surface area contributed by atoms with Crippen molar-refractivity contribution in [1.29, 1.82) is 0 Å². The molecule has 0 fully saturated rings. The third-order valence-electron chi connectivity index (χ3n) is 3.36. The van der Waals surface area contributed by atoms with Crippen LogP contribution >= 0.6 is 31.9 Å². The summed E-state index contributed by atoms with van der Waals surface area (Å²) in [7, 11) is 0. The molecule has 0 aromatic heterocycles. The summed E-state index contributed by atoms with van der Waals surface area (Å²) >= 11 is 7.58. The van der Waals surface area contributed by atoms with E-state index in [0.717, 1.165) is 32.1 Å². The van der Waals surface area contributed by atoms with Crippen LogP contribution in [-0.4, -0.2) is 3.23 Å².